The van der Waals surface area contributed by atoms with Crippen molar-refractivity contribution in [3.05, 3.63) is 65.4 Å². The zero-order valence-electron chi connectivity index (χ0n) is 15.3. The van der Waals surface area contributed by atoms with Crippen molar-refractivity contribution in [1.82, 2.24) is 19.7 Å². The Hall–Kier alpha value is -2.71. The van der Waals surface area contributed by atoms with Crippen LogP contribution < -0.4 is 4.74 Å². The number of methoxy groups -OCH3 is 1. The predicted molar refractivity (Wildman–Crippen MR) is 110 cm³/mol. The van der Waals surface area contributed by atoms with Gasteiger partial charge in [-0.15, -0.1) is 21.5 Å². The van der Waals surface area contributed by atoms with Gasteiger partial charge in [0.05, 0.1) is 12.8 Å². The van der Waals surface area contributed by atoms with E-state index >= 15 is 0 Å². The monoisotopic (exact) mass is 412 g/mol. The van der Waals surface area contributed by atoms with Gasteiger partial charge in [-0.25, -0.2) is 9.37 Å². The topological polar surface area (TPSA) is 52.8 Å². The van der Waals surface area contributed by atoms with Crippen LogP contribution in [0.4, 0.5) is 4.39 Å². The van der Waals surface area contributed by atoms with Gasteiger partial charge in [0.1, 0.15) is 16.6 Å². The van der Waals surface area contributed by atoms with Crippen LogP contribution in [0.1, 0.15) is 5.69 Å². The first-order valence-electron chi connectivity index (χ1n) is 8.51. The number of thioether (sulfide) groups is 1. The maximum Gasteiger partial charge on any atom is 0.191 e. The molecule has 4 aromatic rings. The van der Waals surface area contributed by atoms with Gasteiger partial charge in [-0.1, -0.05) is 11.8 Å². The fourth-order valence-corrected chi connectivity index (χ4v) is 4.40. The number of halogens is 1. The van der Waals surface area contributed by atoms with Crippen LogP contribution in [0.2, 0.25) is 0 Å². The highest BCUT2D eigenvalue weighted by molar-refractivity contribution is 7.98. The second-order valence-electron chi connectivity index (χ2n) is 6.03. The fourth-order valence-electron chi connectivity index (χ4n) is 2.67. The van der Waals surface area contributed by atoms with Gasteiger partial charge in [0.15, 0.2) is 11.0 Å². The molecule has 0 fully saturated rings. The average Bonchev–Trinajstić information content (AvgIpc) is 3.34. The van der Waals surface area contributed by atoms with Crippen molar-refractivity contribution < 1.29 is 9.13 Å². The molecule has 142 valence electrons. The molecule has 28 heavy (non-hydrogen) atoms. The summed E-state index contributed by atoms with van der Waals surface area (Å²) in [5, 5.41) is 12.3. The summed E-state index contributed by atoms with van der Waals surface area (Å²) in [6, 6.07) is 14.1. The van der Waals surface area contributed by atoms with E-state index in [2.05, 4.69) is 15.2 Å². The Balaban J connectivity index is 1.45. The second-order valence-corrected chi connectivity index (χ2v) is 7.83. The Morgan fingerprint density at radius 3 is 2.46 bits per heavy atom. The first kappa shape index (κ1) is 18.6. The van der Waals surface area contributed by atoms with E-state index in [-0.39, 0.29) is 5.82 Å². The summed E-state index contributed by atoms with van der Waals surface area (Å²) in [5.74, 6) is 2.05. The Morgan fingerprint density at radius 2 is 1.75 bits per heavy atom. The van der Waals surface area contributed by atoms with Gasteiger partial charge in [0.2, 0.25) is 0 Å². The summed E-state index contributed by atoms with van der Waals surface area (Å²) in [5.41, 5.74) is 2.86. The van der Waals surface area contributed by atoms with Crippen molar-refractivity contribution in [2.24, 2.45) is 7.05 Å². The van der Waals surface area contributed by atoms with Gasteiger partial charge in [-0.2, -0.15) is 0 Å². The minimum absolute atomic E-state index is 0.244. The predicted octanol–water partition coefficient (Wildman–Crippen LogP) is 5.05. The molecule has 2 aromatic heterocycles. The maximum absolute atomic E-state index is 13.1. The highest BCUT2D eigenvalue weighted by Crippen LogP contribution is 2.29. The van der Waals surface area contributed by atoms with E-state index in [9.17, 15) is 4.39 Å². The summed E-state index contributed by atoms with van der Waals surface area (Å²) in [7, 11) is 3.60. The molecular weight excluding hydrogens is 395 g/mol. The Morgan fingerprint density at radius 1 is 1.04 bits per heavy atom. The maximum atomic E-state index is 13.1. The third-order valence-corrected chi connectivity index (χ3v) is 6.17. The Bertz CT molecular complexity index is 1070. The minimum atomic E-state index is -0.244. The second kappa shape index (κ2) is 8.12. The molecule has 0 atom stereocenters. The summed E-state index contributed by atoms with van der Waals surface area (Å²) >= 11 is 3.13. The summed E-state index contributed by atoms with van der Waals surface area (Å²) in [4.78, 5) is 4.64. The summed E-state index contributed by atoms with van der Waals surface area (Å²) < 4.78 is 20.2. The molecule has 0 unspecified atom stereocenters. The highest BCUT2D eigenvalue weighted by Gasteiger charge is 2.13. The van der Waals surface area contributed by atoms with Gasteiger partial charge in [-0.3, -0.25) is 0 Å². The SMILES string of the molecule is COc1ccc(-c2nnc(SCc3csc(-c4ccc(F)cc4)n3)n2C)cc1. The molecule has 4 rings (SSSR count). The molecule has 0 aliphatic heterocycles. The number of aromatic nitrogens is 4. The van der Waals surface area contributed by atoms with Crippen molar-refractivity contribution in [2.75, 3.05) is 7.11 Å². The lowest BCUT2D eigenvalue weighted by molar-refractivity contribution is 0.415. The van der Waals surface area contributed by atoms with E-state index < -0.39 is 0 Å². The molecule has 5 nitrogen and oxygen atoms in total. The van der Waals surface area contributed by atoms with Crippen molar-refractivity contribution >= 4 is 23.1 Å². The molecule has 0 radical (unpaired) electrons. The van der Waals surface area contributed by atoms with Crippen molar-refractivity contribution in [3.8, 4) is 27.7 Å². The molecule has 8 heteroatoms. The molecule has 0 spiro atoms. The first-order chi connectivity index (χ1) is 13.6. The van der Waals surface area contributed by atoms with Crippen LogP contribution in [0.15, 0.2) is 59.1 Å². The lowest BCUT2D eigenvalue weighted by atomic mass is 10.2. The number of thiazole rings is 1. The quantitative estimate of drug-likeness (QED) is 0.415. The van der Waals surface area contributed by atoms with Crippen molar-refractivity contribution in [1.29, 1.82) is 0 Å². The van der Waals surface area contributed by atoms with Crippen LogP contribution in [0.3, 0.4) is 0 Å². The molecule has 0 saturated carbocycles. The van der Waals surface area contributed by atoms with Crippen LogP contribution >= 0.6 is 23.1 Å². The Labute approximate surface area is 170 Å². The standard InChI is InChI=1S/C20H17FN4OS2/c1-25-18(13-5-9-17(26-2)10-6-13)23-24-20(25)28-12-16-11-27-19(22-16)14-3-7-15(21)8-4-14/h3-11H,12H2,1-2H3. The number of hydrogen-bond donors (Lipinski definition) is 0. The normalized spacial score (nSPS) is 11.0. The van der Waals surface area contributed by atoms with Crippen molar-refractivity contribution in [3.63, 3.8) is 0 Å². The minimum Gasteiger partial charge on any atom is -0.497 e. The third-order valence-electron chi connectivity index (χ3n) is 4.18. The Kier molecular flexibility index (Phi) is 5.40. The van der Waals surface area contributed by atoms with E-state index in [1.165, 1.54) is 12.1 Å². The number of rotatable bonds is 6. The average molecular weight is 413 g/mol. The molecule has 0 bridgehead atoms. The zero-order chi connectivity index (χ0) is 19.5. The molecule has 2 heterocycles. The van der Waals surface area contributed by atoms with Crippen molar-refractivity contribution in [2.45, 2.75) is 10.9 Å². The molecule has 0 N–H and O–H groups in total. The van der Waals surface area contributed by atoms with E-state index in [1.54, 1.807) is 42.3 Å². The molecule has 0 aliphatic carbocycles. The number of hydrogen-bond acceptors (Lipinski definition) is 6. The number of nitrogens with zero attached hydrogens (tertiary/aromatic N) is 4. The van der Waals surface area contributed by atoms with Gasteiger partial charge in [-0.05, 0) is 48.5 Å². The van der Waals surface area contributed by atoms with E-state index in [1.807, 2.05) is 41.3 Å². The summed E-state index contributed by atoms with van der Waals surface area (Å²) in [6.07, 6.45) is 0. The molecule has 0 saturated heterocycles. The summed E-state index contributed by atoms with van der Waals surface area (Å²) in [6.45, 7) is 0. The molecule has 2 aromatic carbocycles. The highest BCUT2D eigenvalue weighted by atomic mass is 32.2. The smallest absolute Gasteiger partial charge is 0.191 e. The van der Waals surface area contributed by atoms with Crippen LogP contribution in [0.5, 0.6) is 5.75 Å². The third kappa shape index (κ3) is 3.93. The van der Waals surface area contributed by atoms with E-state index in [4.69, 9.17) is 4.74 Å². The van der Waals surface area contributed by atoms with E-state index in [0.29, 0.717) is 5.75 Å². The van der Waals surface area contributed by atoms with Crippen LogP contribution in [0, 0.1) is 5.82 Å². The van der Waals surface area contributed by atoms with Crippen LogP contribution in [0.25, 0.3) is 22.0 Å². The zero-order valence-corrected chi connectivity index (χ0v) is 16.9. The van der Waals surface area contributed by atoms with Gasteiger partial charge < -0.3 is 9.30 Å². The molecule has 0 amide bonds. The van der Waals surface area contributed by atoms with Crippen LogP contribution in [-0.2, 0) is 12.8 Å². The lowest BCUT2D eigenvalue weighted by Gasteiger charge is -2.04. The number of ether oxygens (including phenoxy) is 1. The van der Waals surface area contributed by atoms with Gasteiger partial charge in [0, 0.05) is 29.3 Å². The molecule has 0 aliphatic rings. The molecular formula is C20H17FN4OS2. The number of benzene rings is 2. The largest absolute Gasteiger partial charge is 0.497 e. The van der Waals surface area contributed by atoms with Crippen LogP contribution in [-0.4, -0.2) is 26.9 Å². The fraction of sp³-hybridized carbons (Fsp3) is 0.150. The van der Waals surface area contributed by atoms with Gasteiger partial charge in [0.25, 0.3) is 0 Å². The van der Waals surface area contributed by atoms with E-state index in [0.717, 1.165) is 38.6 Å². The van der Waals surface area contributed by atoms with Gasteiger partial charge >= 0.3 is 0 Å². The lowest BCUT2D eigenvalue weighted by Crippen LogP contribution is -1.95. The first-order valence-corrected chi connectivity index (χ1v) is 10.4.